The maximum atomic E-state index is 11.4. The minimum atomic E-state index is -0.661. The third-order valence-corrected chi connectivity index (χ3v) is 2.22. The number of aliphatic hydroxyl groups excluding tert-OH is 1. The molecule has 0 radical (unpaired) electrons. The van der Waals surface area contributed by atoms with Gasteiger partial charge in [-0.3, -0.25) is 4.79 Å². The van der Waals surface area contributed by atoms with Crippen LogP contribution in [0.15, 0.2) is 30.3 Å². The molecule has 1 aromatic rings. The molecule has 0 bridgehead atoms. The molecular formula is C12H16O2. The number of hydrogen-bond donors (Lipinski definition) is 1. The Labute approximate surface area is 84.6 Å². The van der Waals surface area contributed by atoms with Gasteiger partial charge >= 0.3 is 0 Å². The summed E-state index contributed by atoms with van der Waals surface area (Å²) in [5, 5.41) is 9.72. The van der Waals surface area contributed by atoms with E-state index in [4.69, 9.17) is 0 Å². The molecular weight excluding hydrogens is 176 g/mol. The molecule has 1 N–H and O–H groups in total. The van der Waals surface area contributed by atoms with Crippen molar-refractivity contribution in [1.82, 2.24) is 0 Å². The van der Waals surface area contributed by atoms with Crippen molar-refractivity contribution in [2.75, 3.05) is 0 Å². The third-order valence-electron chi connectivity index (χ3n) is 2.22. The predicted octanol–water partition coefficient (Wildman–Crippen LogP) is 2.34. The topological polar surface area (TPSA) is 37.3 Å². The van der Waals surface area contributed by atoms with Crippen molar-refractivity contribution >= 4 is 5.78 Å². The van der Waals surface area contributed by atoms with Crippen molar-refractivity contribution in [2.24, 2.45) is 5.92 Å². The van der Waals surface area contributed by atoms with Gasteiger partial charge in [0.2, 0.25) is 0 Å². The summed E-state index contributed by atoms with van der Waals surface area (Å²) in [7, 11) is 0. The third kappa shape index (κ3) is 2.96. The van der Waals surface area contributed by atoms with Crippen LogP contribution in [0.3, 0.4) is 0 Å². The van der Waals surface area contributed by atoms with Gasteiger partial charge in [0.05, 0.1) is 6.10 Å². The van der Waals surface area contributed by atoms with Crippen LogP contribution < -0.4 is 0 Å². The van der Waals surface area contributed by atoms with E-state index in [9.17, 15) is 9.90 Å². The molecule has 76 valence electrons. The molecule has 0 aliphatic heterocycles. The van der Waals surface area contributed by atoms with E-state index in [0.717, 1.165) is 5.56 Å². The highest BCUT2D eigenvalue weighted by atomic mass is 16.3. The summed E-state index contributed by atoms with van der Waals surface area (Å²) in [5.41, 5.74) is 0.807. The molecule has 0 saturated heterocycles. The first-order chi connectivity index (χ1) is 6.61. The summed E-state index contributed by atoms with van der Waals surface area (Å²) in [6.07, 6.45) is -0.451. The number of hydrogen-bond acceptors (Lipinski definition) is 2. The number of benzene rings is 1. The first kappa shape index (κ1) is 10.9. The van der Waals surface area contributed by atoms with Crippen molar-refractivity contribution in [3.05, 3.63) is 35.9 Å². The molecule has 2 heteroatoms. The van der Waals surface area contributed by atoms with Gasteiger partial charge in [-0.25, -0.2) is 0 Å². The SMILES string of the molecule is CC(C)C(=O)CC(O)c1ccccc1. The molecule has 0 aliphatic rings. The zero-order chi connectivity index (χ0) is 10.6. The van der Waals surface area contributed by atoms with Gasteiger partial charge in [-0.1, -0.05) is 44.2 Å². The van der Waals surface area contributed by atoms with E-state index in [-0.39, 0.29) is 18.1 Å². The number of Topliss-reactive ketones (excluding diaryl/α,β-unsaturated/α-hetero) is 1. The number of carbonyl (C=O) groups excluding carboxylic acids is 1. The Bertz CT molecular complexity index is 290. The van der Waals surface area contributed by atoms with Crippen LogP contribution in [-0.4, -0.2) is 10.9 Å². The highest BCUT2D eigenvalue weighted by Gasteiger charge is 2.14. The second-order valence-corrected chi connectivity index (χ2v) is 3.75. The Kier molecular flexibility index (Phi) is 3.84. The molecule has 0 aliphatic carbocycles. The molecule has 0 fully saturated rings. The van der Waals surface area contributed by atoms with Crippen LogP contribution in [0.5, 0.6) is 0 Å². The number of carbonyl (C=O) groups is 1. The Morgan fingerprint density at radius 1 is 1.29 bits per heavy atom. The van der Waals surface area contributed by atoms with Crippen LogP contribution in [0.25, 0.3) is 0 Å². The van der Waals surface area contributed by atoms with Crippen LogP contribution in [0.4, 0.5) is 0 Å². The van der Waals surface area contributed by atoms with Crippen molar-refractivity contribution < 1.29 is 9.90 Å². The summed E-state index contributed by atoms with van der Waals surface area (Å²) in [6.45, 7) is 3.69. The minimum absolute atomic E-state index is 0.00615. The quantitative estimate of drug-likeness (QED) is 0.795. The second kappa shape index (κ2) is 4.91. The molecule has 1 atom stereocenters. The van der Waals surface area contributed by atoms with Gasteiger partial charge in [0.25, 0.3) is 0 Å². The fourth-order valence-corrected chi connectivity index (χ4v) is 1.22. The summed E-state index contributed by atoms with van der Waals surface area (Å²) in [5.74, 6) is 0.0923. The van der Waals surface area contributed by atoms with E-state index in [1.165, 1.54) is 0 Å². The van der Waals surface area contributed by atoms with Crippen LogP contribution >= 0.6 is 0 Å². The van der Waals surface area contributed by atoms with Crippen molar-refractivity contribution in [1.29, 1.82) is 0 Å². The zero-order valence-electron chi connectivity index (χ0n) is 8.60. The molecule has 0 heterocycles. The average Bonchev–Trinajstić information content (AvgIpc) is 2.19. The molecule has 0 amide bonds. The fourth-order valence-electron chi connectivity index (χ4n) is 1.22. The van der Waals surface area contributed by atoms with E-state index in [0.29, 0.717) is 0 Å². The van der Waals surface area contributed by atoms with Gasteiger partial charge in [0.1, 0.15) is 5.78 Å². The molecule has 14 heavy (non-hydrogen) atoms. The lowest BCUT2D eigenvalue weighted by Crippen LogP contribution is -2.11. The maximum absolute atomic E-state index is 11.4. The van der Waals surface area contributed by atoms with Gasteiger partial charge in [0, 0.05) is 12.3 Å². The summed E-state index contributed by atoms with van der Waals surface area (Å²) < 4.78 is 0. The smallest absolute Gasteiger partial charge is 0.138 e. The molecule has 0 aromatic heterocycles. The number of ketones is 1. The van der Waals surface area contributed by atoms with E-state index in [1.54, 1.807) is 0 Å². The van der Waals surface area contributed by atoms with Gasteiger partial charge in [-0.15, -0.1) is 0 Å². The largest absolute Gasteiger partial charge is 0.388 e. The van der Waals surface area contributed by atoms with E-state index in [2.05, 4.69) is 0 Å². The fraction of sp³-hybridized carbons (Fsp3) is 0.417. The van der Waals surface area contributed by atoms with E-state index >= 15 is 0 Å². The van der Waals surface area contributed by atoms with Crippen molar-refractivity contribution in [2.45, 2.75) is 26.4 Å². The summed E-state index contributed by atoms with van der Waals surface area (Å²) >= 11 is 0. The first-order valence-electron chi connectivity index (χ1n) is 4.87. The molecule has 0 spiro atoms. The van der Waals surface area contributed by atoms with Crippen LogP contribution in [0, 0.1) is 5.92 Å². The van der Waals surface area contributed by atoms with Gasteiger partial charge in [-0.05, 0) is 5.56 Å². The Hall–Kier alpha value is -1.15. The lowest BCUT2D eigenvalue weighted by Gasteiger charge is -2.11. The second-order valence-electron chi connectivity index (χ2n) is 3.75. The maximum Gasteiger partial charge on any atom is 0.138 e. The lowest BCUT2D eigenvalue weighted by molar-refractivity contribution is -0.123. The van der Waals surface area contributed by atoms with Gasteiger partial charge in [0.15, 0.2) is 0 Å². The first-order valence-corrected chi connectivity index (χ1v) is 4.87. The lowest BCUT2D eigenvalue weighted by atomic mass is 9.99. The van der Waals surface area contributed by atoms with Crippen molar-refractivity contribution in [3.63, 3.8) is 0 Å². The zero-order valence-corrected chi connectivity index (χ0v) is 8.60. The van der Waals surface area contributed by atoms with Crippen LogP contribution in [0.2, 0.25) is 0 Å². The normalized spacial score (nSPS) is 12.9. The van der Waals surface area contributed by atoms with Gasteiger partial charge in [-0.2, -0.15) is 0 Å². The van der Waals surface area contributed by atoms with E-state index < -0.39 is 6.10 Å². The average molecular weight is 192 g/mol. The predicted molar refractivity (Wildman–Crippen MR) is 55.9 cm³/mol. The van der Waals surface area contributed by atoms with Crippen molar-refractivity contribution in [3.8, 4) is 0 Å². The molecule has 0 saturated carbocycles. The molecule has 2 nitrogen and oxygen atoms in total. The standard InChI is InChI=1S/C12H16O2/c1-9(2)11(13)8-12(14)10-6-4-3-5-7-10/h3-7,9,12,14H,8H2,1-2H3. The highest BCUT2D eigenvalue weighted by molar-refractivity contribution is 5.80. The molecule has 1 aromatic carbocycles. The number of rotatable bonds is 4. The van der Waals surface area contributed by atoms with Gasteiger partial charge < -0.3 is 5.11 Å². The monoisotopic (exact) mass is 192 g/mol. The Morgan fingerprint density at radius 3 is 2.36 bits per heavy atom. The van der Waals surface area contributed by atoms with Crippen LogP contribution in [-0.2, 0) is 4.79 Å². The Morgan fingerprint density at radius 2 is 1.86 bits per heavy atom. The van der Waals surface area contributed by atoms with E-state index in [1.807, 2.05) is 44.2 Å². The summed E-state index contributed by atoms with van der Waals surface area (Å²) in [6, 6.07) is 9.27. The molecule has 1 unspecified atom stereocenters. The minimum Gasteiger partial charge on any atom is -0.388 e. The Balaban J connectivity index is 2.59. The summed E-state index contributed by atoms with van der Waals surface area (Å²) in [4.78, 5) is 11.4. The number of aliphatic hydroxyl groups is 1. The molecule has 1 rings (SSSR count). The highest BCUT2D eigenvalue weighted by Crippen LogP contribution is 2.17. The van der Waals surface area contributed by atoms with Crippen LogP contribution in [0.1, 0.15) is 31.9 Å².